The van der Waals surface area contributed by atoms with Gasteiger partial charge in [-0.3, -0.25) is 14.6 Å². The average Bonchev–Trinajstić information content (AvgIpc) is 2.89. The molecule has 2 amide bonds. The van der Waals surface area contributed by atoms with Crippen molar-refractivity contribution in [2.24, 2.45) is 5.92 Å². The van der Waals surface area contributed by atoms with Crippen molar-refractivity contribution < 1.29 is 9.59 Å². The Bertz CT molecular complexity index is 996. The number of pyridine rings is 1. The van der Waals surface area contributed by atoms with Gasteiger partial charge in [-0.1, -0.05) is 19.3 Å². The SMILES string of the molecule is CN1CCCC(CCNC(=O)c2ccc3c(c2)CNCCCCCCCN3C(=O)c2cccnc2)C1. The summed E-state index contributed by atoms with van der Waals surface area (Å²) in [6, 6.07) is 9.38. The summed E-state index contributed by atoms with van der Waals surface area (Å²) in [5, 5.41) is 6.66. The number of aromatic nitrogens is 1. The van der Waals surface area contributed by atoms with Crippen molar-refractivity contribution >= 4 is 17.5 Å². The zero-order chi connectivity index (χ0) is 25.2. The number of rotatable bonds is 5. The molecule has 4 rings (SSSR count). The van der Waals surface area contributed by atoms with E-state index in [0.29, 0.717) is 36.7 Å². The van der Waals surface area contributed by atoms with Gasteiger partial charge in [0.15, 0.2) is 0 Å². The Hall–Kier alpha value is -2.77. The lowest BCUT2D eigenvalue weighted by molar-refractivity contribution is 0.0947. The van der Waals surface area contributed by atoms with Gasteiger partial charge in [-0.2, -0.15) is 0 Å². The normalized spacial score (nSPS) is 20.0. The number of nitrogens with one attached hydrogen (secondary N) is 2. The number of likely N-dealkylation sites (tertiary alicyclic amines) is 1. The highest BCUT2D eigenvalue weighted by atomic mass is 16.2. The molecule has 2 aromatic rings. The molecule has 194 valence electrons. The van der Waals surface area contributed by atoms with Crippen LogP contribution in [-0.2, 0) is 6.54 Å². The fourth-order valence-electron chi connectivity index (χ4n) is 5.38. The summed E-state index contributed by atoms with van der Waals surface area (Å²) in [5.41, 5.74) is 3.09. The zero-order valence-corrected chi connectivity index (χ0v) is 21.7. The molecule has 1 aromatic heterocycles. The minimum Gasteiger partial charge on any atom is -0.352 e. The van der Waals surface area contributed by atoms with E-state index in [1.54, 1.807) is 18.5 Å². The van der Waals surface area contributed by atoms with Gasteiger partial charge >= 0.3 is 0 Å². The molecule has 0 aliphatic carbocycles. The lowest BCUT2D eigenvalue weighted by Crippen LogP contribution is -2.35. The first-order valence-electron chi connectivity index (χ1n) is 13.6. The summed E-state index contributed by atoms with van der Waals surface area (Å²) in [5.74, 6) is 0.561. The Balaban J connectivity index is 1.50. The minimum absolute atomic E-state index is 0.0433. The van der Waals surface area contributed by atoms with Crippen LogP contribution in [0.1, 0.15) is 77.6 Å². The van der Waals surface area contributed by atoms with Crippen molar-refractivity contribution in [2.75, 3.05) is 44.7 Å². The summed E-state index contributed by atoms with van der Waals surface area (Å²) in [6.07, 6.45) is 12.4. The zero-order valence-electron chi connectivity index (χ0n) is 21.7. The van der Waals surface area contributed by atoms with Gasteiger partial charge < -0.3 is 20.4 Å². The molecule has 0 radical (unpaired) electrons. The highest BCUT2D eigenvalue weighted by Gasteiger charge is 2.22. The van der Waals surface area contributed by atoms with E-state index in [1.807, 2.05) is 29.2 Å². The van der Waals surface area contributed by atoms with Gasteiger partial charge in [0.1, 0.15) is 0 Å². The quantitative estimate of drug-likeness (QED) is 0.654. The Kier molecular flexibility index (Phi) is 9.87. The van der Waals surface area contributed by atoms with Gasteiger partial charge in [0.25, 0.3) is 11.8 Å². The third-order valence-corrected chi connectivity index (χ3v) is 7.40. The van der Waals surface area contributed by atoms with E-state index in [2.05, 4.69) is 27.6 Å². The standard InChI is InChI=1S/C29H41N5O2/c1-33-17-8-9-23(22-33)13-16-32-28(35)24-11-12-27-26(19-24)21-30-14-5-3-2-4-6-18-34(27)29(36)25-10-7-15-31-20-25/h7,10-12,15,19-20,23,30H,2-6,8-9,13-14,16-18,21-22H2,1H3,(H,32,35). The lowest BCUT2D eigenvalue weighted by Gasteiger charge is -2.29. The van der Waals surface area contributed by atoms with Gasteiger partial charge in [-0.25, -0.2) is 0 Å². The number of hydrogen-bond acceptors (Lipinski definition) is 5. The van der Waals surface area contributed by atoms with Crippen LogP contribution in [0.5, 0.6) is 0 Å². The number of carbonyl (C=O) groups excluding carboxylic acids is 2. The van der Waals surface area contributed by atoms with Gasteiger partial charge in [0.05, 0.1) is 5.56 Å². The molecular weight excluding hydrogens is 450 g/mol. The molecule has 0 spiro atoms. The molecule has 1 unspecified atom stereocenters. The van der Waals surface area contributed by atoms with Crippen molar-refractivity contribution in [2.45, 2.75) is 57.9 Å². The van der Waals surface area contributed by atoms with Crippen LogP contribution in [0.3, 0.4) is 0 Å². The number of amides is 2. The van der Waals surface area contributed by atoms with Gasteiger partial charge in [0.2, 0.25) is 0 Å². The Labute approximate surface area is 215 Å². The Morgan fingerprint density at radius 3 is 2.75 bits per heavy atom. The third kappa shape index (κ3) is 7.37. The van der Waals surface area contributed by atoms with Crippen LogP contribution in [0.15, 0.2) is 42.7 Å². The van der Waals surface area contributed by atoms with Crippen molar-refractivity contribution in [3.05, 3.63) is 59.4 Å². The first-order chi connectivity index (χ1) is 17.6. The summed E-state index contributed by atoms with van der Waals surface area (Å²) in [7, 11) is 2.17. The van der Waals surface area contributed by atoms with Gasteiger partial charge in [-0.15, -0.1) is 0 Å². The van der Waals surface area contributed by atoms with E-state index >= 15 is 0 Å². The van der Waals surface area contributed by atoms with Gasteiger partial charge in [0, 0.05) is 49.8 Å². The average molecular weight is 492 g/mol. The predicted octanol–water partition coefficient (Wildman–Crippen LogP) is 4.24. The molecule has 2 aliphatic heterocycles. The molecule has 1 atom stereocenters. The maximum atomic E-state index is 13.5. The van der Waals surface area contributed by atoms with Crippen LogP contribution in [0, 0.1) is 5.92 Å². The second-order valence-corrected chi connectivity index (χ2v) is 10.3. The molecule has 2 N–H and O–H groups in total. The van der Waals surface area contributed by atoms with E-state index < -0.39 is 0 Å². The molecule has 2 aliphatic rings. The number of nitrogens with zero attached hydrogens (tertiary/aromatic N) is 3. The predicted molar refractivity (Wildman–Crippen MR) is 144 cm³/mol. The second kappa shape index (κ2) is 13.5. The largest absolute Gasteiger partial charge is 0.352 e. The second-order valence-electron chi connectivity index (χ2n) is 10.3. The molecule has 36 heavy (non-hydrogen) atoms. The van der Waals surface area contributed by atoms with Crippen molar-refractivity contribution in [1.82, 2.24) is 20.5 Å². The topological polar surface area (TPSA) is 77.6 Å². The smallest absolute Gasteiger partial charge is 0.259 e. The molecule has 0 bridgehead atoms. The number of piperidine rings is 1. The summed E-state index contributed by atoms with van der Waals surface area (Å²) >= 11 is 0. The third-order valence-electron chi connectivity index (χ3n) is 7.40. The molecule has 7 heteroatoms. The molecule has 1 aromatic carbocycles. The van der Waals surface area contributed by atoms with E-state index in [1.165, 1.54) is 32.2 Å². The highest BCUT2D eigenvalue weighted by Crippen LogP contribution is 2.26. The Morgan fingerprint density at radius 2 is 1.92 bits per heavy atom. The number of hydrogen-bond donors (Lipinski definition) is 2. The van der Waals surface area contributed by atoms with Crippen LogP contribution < -0.4 is 15.5 Å². The summed E-state index contributed by atoms with van der Waals surface area (Å²) in [4.78, 5) is 34.9. The van der Waals surface area contributed by atoms with Crippen molar-refractivity contribution in [3.8, 4) is 0 Å². The summed E-state index contributed by atoms with van der Waals surface area (Å²) < 4.78 is 0. The van der Waals surface area contributed by atoms with Crippen LogP contribution in [0.2, 0.25) is 0 Å². The number of benzene rings is 1. The maximum Gasteiger partial charge on any atom is 0.259 e. The maximum absolute atomic E-state index is 13.5. The highest BCUT2D eigenvalue weighted by molar-refractivity contribution is 6.06. The molecule has 1 saturated heterocycles. The van der Waals surface area contributed by atoms with E-state index in [9.17, 15) is 9.59 Å². The van der Waals surface area contributed by atoms with Crippen LogP contribution in [0.4, 0.5) is 5.69 Å². The minimum atomic E-state index is -0.0453. The van der Waals surface area contributed by atoms with Crippen molar-refractivity contribution in [1.29, 1.82) is 0 Å². The van der Waals surface area contributed by atoms with E-state index in [-0.39, 0.29) is 11.8 Å². The van der Waals surface area contributed by atoms with Crippen LogP contribution in [-0.4, -0.2) is 61.5 Å². The van der Waals surface area contributed by atoms with E-state index in [0.717, 1.165) is 50.0 Å². The first kappa shape index (κ1) is 26.3. The monoisotopic (exact) mass is 491 g/mol. The number of anilines is 1. The fraction of sp³-hybridized carbons (Fsp3) is 0.552. The number of carbonyl (C=O) groups is 2. The lowest BCUT2D eigenvalue weighted by atomic mass is 9.95. The molecular formula is C29H41N5O2. The summed E-state index contributed by atoms with van der Waals surface area (Å²) in [6.45, 7) is 5.19. The van der Waals surface area contributed by atoms with Crippen LogP contribution in [0.25, 0.3) is 0 Å². The molecule has 1 fully saturated rings. The van der Waals surface area contributed by atoms with Gasteiger partial charge in [-0.05, 0) is 94.1 Å². The molecule has 3 heterocycles. The van der Waals surface area contributed by atoms with Crippen LogP contribution >= 0.6 is 0 Å². The number of fused-ring (bicyclic) bond motifs is 1. The first-order valence-corrected chi connectivity index (χ1v) is 13.6. The fourth-order valence-corrected chi connectivity index (χ4v) is 5.38. The van der Waals surface area contributed by atoms with Crippen molar-refractivity contribution in [3.63, 3.8) is 0 Å². The van der Waals surface area contributed by atoms with E-state index in [4.69, 9.17) is 0 Å². The Morgan fingerprint density at radius 1 is 1.06 bits per heavy atom. The molecule has 0 saturated carbocycles. The molecule has 7 nitrogen and oxygen atoms in total.